The molecule has 0 saturated heterocycles. The fraction of sp³-hybridized carbons (Fsp3) is 0.438. The minimum atomic E-state index is -0.921. The van der Waals surface area contributed by atoms with Crippen LogP contribution >= 0.6 is 12.2 Å². The molecule has 114 valence electrons. The molecule has 2 saturated carbocycles. The van der Waals surface area contributed by atoms with Gasteiger partial charge in [0, 0.05) is 11.6 Å². The van der Waals surface area contributed by atoms with E-state index in [4.69, 9.17) is 17.3 Å². The number of benzene rings is 1. The number of fused-ring (bicyclic) bond motifs is 1. The lowest BCUT2D eigenvalue weighted by molar-refractivity contribution is 0.0697. The van der Waals surface area contributed by atoms with Gasteiger partial charge in [0.1, 0.15) is 5.82 Å². The number of carboxylic acids is 1. The molecule has 0 bridgehead atoms. The third kappa shape index (κ3) is 2.09. The number of aromatic amines is 1. The molecule has 6 heteroatoms. The largest absolute Gasteiger partial charge is 0.478 e. The van der Waals surface area contributed by atoms with Crippen LogP contribution in [0, 0.1) is 16.6 Å². The molecule has 2 N–H and O–H groups in total. The van der Waals surface area contributed by atoms with Crippen LogP contribution in [-0.4, -0.2) is 25.8 Å². The first-order valence-corrected chi connectivity index (χ1v) is 8.08. The van der Waals surface area contributed by atoms with E-state index in [1.807, 2.05) is 4.57 Å². The smallest absolute Gasteiger partial charge is 0.335 e. The van der Waals surface area contributed by atoms with E-state index in [1.54, 1.807) is 24.3 Å². The molecular formula is C16H17N3O2S. The Morgan fingerprint density at radius 2 is 1.86 bits per heavy atom. The van der Waals surface area contributed by atoms with Gasteiger partial charge in [-0.2, -0.15) is 5.10 Å². The quantitative estimate of drug-likeness (QED) is 0.850. The van der Waals surface area contributed by atoms with Gasteiger partial charge in [-0.05, 0) is 61.2 Å². The molecule has 2 unspecified atom stereocenters. The van der Waals surface area contributed by atoms with Crippen molar-refractivity contribution in [1.82, 2.24) is 14.8 Å². The lowest BCUT2D eigenvalue weighted by Gasteiger charge is -2.07. The van der Waals surface area contributed by atoms with Crippen molar-refractivity contribution in [3.05, 3.63) is 40.4 Å². The Morgan fingerprint density at radius 3 is 2.45 bits per heavy atom. The first-order valence-electron chi connectivity index (χ1n) is 7.68. The molecule has 2 aromatic rings. The molecular weight excluding hydrogens is 298 g/mol. The summed E-state index contributed by atoms with van der Waals surface area (Å²) in [6, 6.07) is 6.81. The molecule has 2 aliphatic rings. The number of aromatic carboxylic acids is 1. The predicted molar refractivity (Wildman–Crippen MR) is 83.9 cm³/mol. The molecule has 2 atom stereocenters. The predicted octanol–water partition coefficient (Wildman–Crippen LogP) is 3.53. The maximum atomic E-state index is 11.0. The van der Waals surface area contributed by atoms with Gasteiger partial charge in [-0.1, -0.05) is 12.8 Å². The Morgan fingerprint density at radius 1 is 1.23 bits per heavy atom. The maximum absolute atomic E-state index is 11.0. The number of aromatic nitrogens is 3. The SMILES string of the molecule is O=C(O)c1ccc(-n2c(C3C4CCCCC43)n[nH]c2=S)cc1. The van der Waals surface area contributed by atoms with Gasteiger partial charge < -0.3 is 5.11 Å². The van der Waals surface area contributed by atoms with E-state index in [9.17, 15) is 4.79 Å². The van der Waals surface area contributed by atoms with E-state index in [0.29, 0.717) is 10.7 Å². The number of nitrogens with zero attached hydrogens (tertiary/aromatic N) is 2. The number of hydrogen-bond acceptors (Lipinski definition) is 3. The van der Waals surface area contributed by atoms with Crippen molar-refractivity contribution in [2.75, 3.05) is 0 Å². The van der Waals surface area contributed by atoms with Gasteiger partial charge in [0.25, 0.3) is 0 Å². The average Bonchev–Trinajstić information content (AvgIpc) is 3.14. The molecule has 0 spiro atoms. The van der Waals surface area contributed by atoms with E-state index >= 15 is 0 Å². The van der Waals surface area contributed by atoms with Crippen LogP contribution in [0.2, 0.25) is 0 Å². The van der Waals surface area contributed by atoms with Crippen molar-refractivity contribution >= 4 is 18.2 Å². The summed E-state index contributed by atoms with van der Waals surface area (Å²) in [7, 11) is 0. The highest BCUT2D eigenvalue weighted by Gasteiger charge is 2.53. The van der Waals surface area contributed by atoms with Crippen molar-refractivity contribution in [1.29, 1.82) is 0 Å². The number of carbonyl (C=O) groups is 1. The van der Waals surface area contributed by atoms with Gasteiger partial charge in [-0.25, -0.2) is 4.79 Å². The molecule has 0 radical (unpaired) electrons. The Labute approximate surface area is 133 Å². The second-order valence-corrected chi connectivity index (χ2v) is 6.60. The monoisotopic (exact) mass is 315 g/mol. The van der Waals surface area contributed by atoms with Crippen LogP contribution < -0.4 is 0 Å². The standard InChI is InChI=1S/C16H17N3O2S/c20-15(21)9-5-7-10(8-6-9)19-14(17-18-16(19)22)13-11-3-1-2-4-12(11)13/h5-8,11-13H,1-4H2,(H,18,22)(H,20,21). The first-order chi connectivity index (χ1) is 10.7. The van der Waals surface area contributed by atoms with Gasteiger partial charge in [-0.15, -0.1) is 0 Å². The highest BCUT2D eigenvalue weighted by molar-refractivity contribution is 7.71. The normalized spacial score (nSPS) is 26.5. The van der Waals surface area contributed by atoms with Crippen molar-refractivity contribution < 1.29 is 9.90 Å². The molecule has 5 nitrogen and oxygen atoms in total. The molecule has 1 heterocycles. The lowest BCUT2D eigenvalue weighted by atomic mass is 10.0. The second-order valence-electron chi connectivity index (χ2n) is 6.21. The summed E-state index contributed by atoms with van der Waals surface area (Å²) in [5, 5.41) is 16.4. The summed E-state index contributed by atoms with van der Waals surface area (Å²) < 4.78 is 2.53. The molecule has 2 fully saturated rings. The number of nitrogens with one attached hydrogen (secondary N) is 1. The van der Waals surface area contributed by atoms with Crippen LogP contribution in [0.4, 0.5) is 0 Å². The Bertz CT molecular complexity index is 765. The molecule has 0 aliphatic heterocycles. The second kappa shape index (κ2) is 5.05. The summed E-state index contributed by atoms with van der Waals surface area (Å²) in [5.74, 6) is 2.07. The third-order valence-corrected chi connectivity index (χ3v) is 5.30. The molecule has 1 aromatic carbocycles. The summed E-state index contributed by atoms with van der Waals surface area (Å²) in [4.78, 5) is 11.0. The minimum absolute atomic E-state index is 0.278. The van der Waals surface area contributed by atoms with E-state index in [0.717, 1.165) is 23.3 Å². The number of carboxylic acid groups (broad SMARTS) is 1. The van der Waals surface area contributed by atoms with Crippen LogP contribution in [0.5, 0.6) is 0 Å². The topological polar surface area (TPSA) is 70.9 Å². The summed E-state index contributed by atoms with van der Waals surface area (Å²) >= 11 is 5.38. The van der Waals surface area contributed by atoms with Crippen LogP contribution in [0.3, 0.4) is 0 Å². The average molecular weight is 315 g/mol. The zero-order valence-corrected chi connectivity index (χ0v) is 12.8. The van der Waals surface area contributed by atoms with Gasteiger partial charge in [0.15, 0.2) is 4.77 Å². The molecule has 1 aromatic heterocycles. The fourth-order valence-corrected chi connectivity index (χ4v) is 4.16. The van der Waals surface area contributed by atoms with Crippen LogP contribution in [0.15, 0.2) is 24.3 Å². The van der Waals surface area contributed by atoms with Crippen molar-refractivity contribution in [3.63, 3.8) is 0 Å². The van der Waals surface area contributed by atoms with E-state index in [-0.39, 0.29) is 5.56 Å². The summed E-state index contributed by atoms with van der Waals surface area (Å²) in [6.07, 6.45) is 5.20. The molecule has 0 amide bonds. The fourth-order valence-electron chi connectivity index (χ4n) is 3.91. The molecule has 4 rings (SSSR count). The first kappa shape index (κ1) is 13.7. The summed E-state index contributed by atoms with van der Waals surface area (Å²) in [6.45, 7) is 0. The van der Waals surface area contributed by atoms with E-state index in [2.05, 4.69) is 10.2 Å². The number of H-pyrrole nitrogens is 1. The van der Waals surface area contributed by atoms with Crippen LogP contribution in [-0.2, 0) is 0 Å². The van der Waals surface area contributed by atoms with E-state index in [1.165, 1.54) is 25.7 Å². The highest BCUT2D eigenvalue weighted by Crippen LogP contribution is 2.60. The number of rotatable bonds is 3. The van der Waals surface area contributed by atoms with Crippen LogP contribution in [0.25, 0.3) is 5.69 Å². The van der Waals surface area contributed by atoms with Gasteiger partial charge in [-0.3, -0.25) is 9.67 Å². The summed E-state index contributed by atoms with van der Waals surface area (Å²) in [5.41, 5.74) is 1.16. The minimum Gasteiger partial charge on any atom is -0.478 e. The van der Waals surface area contributed by atoms with Crippen molar-refractivity contribution in [3.8, 4) is 5.69 Å². The zero-order valence-electron chi connectivity index (χ0n) is 12.0. The Balaban J connectivity index is 1.71. The van der Waals surface area contributed by atoms with Crippen LogP contribution in [0.1, 0.15) is 47.8 Å². The molecule has 22 heavy (non-hydrogen) atoms. The maximum Gasteiger partial charge on any atom is 0.335 e. The third-order valence-electron chi connectivity index (χ3n) is 5.03. The van der Waals surface area contributed by atoms with Crippen molar-refractivity contribution in [2.24, 2.45) is 11.8 Å². The number of hydrogen-bond donors (Lipinski definition) is 2. The molecule has 2 aliphatic carbocycles. The lowest BCUT2D eigenvalue weighted by Crippen LogP contribution is -2.03. The van der Waals surface area contributed by atoms with E-state index < -0.39 is 5.97 Å². The van der Waals surface area contributed by atoms with Gasteiger partial charge in [0.2, 0.25) is 0 Å². The Kier molecular flexibility index (Phi) is 3.14. The van der Waals surface area contributed by atoms with Gasteiger partial charge >= 0.3 is 5.97 Å². The highest BCUT2D eigenvalue weighted by atomic mass is 32.1. The van der Waals surface area contributed by atoms with Gasteiger partial charge in [0.05, 0.1) is 5.56 Å². The Hall–Kier alpha value is -1.95. The zero-order chi connectivity index (χ0) is 15.3. The van der Waals surface area contributed by atoms with Crippen molar-refractivity contribution in [2.45, 2.75) is 31.6 Å².